The van der Waals surface area contributed by atoms with Crippen LogP contribution in [0.5, 0.6) is 0 Å². The summed E-state index contributed by atoms with van der Waals surface area (Å²) in [6.45, 7) is 4.60. The SMILES string of the molecule is CC1CCN(C(N)=NCc2ccc(Br)c(F)c2)CC1. The van der Waals surface area contributed by atoms with Gasteiger partial charge in [-0.3, -0.25) is 0 Å². The van der Waals surface area contributed by atoms with E-state index in [1.165, 1.54) is 6.07 Å². The van der Waals surface area contributed by atoms with Gasteiger partial charge in [0.25, 0.3) is 0 Å². The quantitative estimate of drug-likeness (QED) is 0.669. The number of piperidine rings is 1. The highest BCUT2D eigenvalue weighted by Gasteiger charge is 2.16. The van der Waals surface area contributed by atoms with E-state index < -0.39 is 0 Å². The van der Waals surface area contributed by atoms with Gasteiger partial charge >= 0.3 is 0 Å². The van der Waals surface area contributed by atoms with Crippen LogP contribution in [-0.2, 0) is 6.54 Å². The van der Waals surface area contributed by atoms with Gasteiger partial charge in [-0.25, -0.2) is 9.38 Å². The van der Waals surface area contributed by atoms with Crippen molar-refractivity contribution in [3.8, 4) is 0 Å². The molecular formula is C14H19BrFN3. The van der Waals surface area contributed by atoms with Crippen molar-refractivity contribution in [2.24, 2.45) is 16.6 Å². The molecule has 3 nitrogen and oxygen atoms in total. The molecule has 0 aromatic heterocycles. The number of aliphatic imine (C=N–C) groups is 1. The van der Waals surface area contributed by atoms with Crippen LogP contribution in [0.3, 0.4) is 0 Å². The van der Waals surface area contributed by atoms with Crippen molar-refractivity contribution in [3.63, 3.8) is 0 Å². The molecule has 0 aliphatic carbocycles. The van der Waals surface area contributed by atoms with E-state index in [4.69, 9.17) is 5.73 Å². The number of nitrogens with zero attached hydrogens (tertiary/aromatic N) is 2. The number of benzene rings is 1. The molecule has 1 aliphatic heterocycles. The third-order valence-electron chi connectivity index (χ3n) is 3.52. The maximum absolute atomic E-state index is 13.4. The number of guanidine groups is 1. The lowest BCUT2D eigenvalue weighted by molar-refractivity contribution is 0.277. The van der Waals surface area contributed by atoms with E-state index in [0.29, 0.717) is 17.0 Å². The first-order chi connectivity index (χ1) is 9.06. The van der Waals surface area contributed by atoms with Crippen molar-refractivity contribution in [1.82, 2.24) is 4.90 Å². The summed E-state index contributed by atoms with van der Waals surface area (Å²) in [7, 11) is 0. The molecule has 0 amide bonds. The maximum atomic E-state index is 13.4. The van der Waals surface area contributed by atoms with E-state index in [1.54, 1.807) is 6.07 Å². The Balaban J connectivity index is 1.95. The molecule has 1 aliphatic rings. The molecule has 2 rings (SSSR count). The molecule has 1 heterocycles. The van der Waals surface area contributed by atoms with E-state index in [2.05, 4.69) is 32.7 Å². The van der Waals surface area contributed by atoms with Gasteiger partial charge in [-0.1, -0.05) is 13.0 Å². The predicted molar refractivity (Wildman–Crippen MR) is 79.4 cm³/mol. The molecule has 104 valence electrons. The Bertz CT molecular complexity index is 468. The first-order valence-electron chi connectivity index (χ1n) is 6.55. The van der Waals surface area contributed by atoms with Crippen LogP contribution in [0.2, 0.25) is 0 Å². The van der Waals surface area contributed by atoms with Gasteiger partial charge in [0.2, 0.25) is 0 Å². The molecule has 5 heteroatoms. The summed E-state index contributed by atoms with van der Waals surface area (Å²) in [6, 6.07) is 5.03. The summed E-state index contributed by atoms with van der Waals surface area (Å²) in [5.41, 5.74) is 6.81. The molecule has 19 heavy (non-hydrogen) atoms. The fourth-order valence-electron chi connectivity index (χ4n) is 2.15. The number of hydrogen-bond acceptors (Lipinski definition) is 1. The van der Waals surface area contributed by atoms with Crippen LogP contribution in [0.1, 0.15) is 25.3 Å². The minimum atomic E-state index is -0.266. The molecule has 1 aromatic carbocycles. The Morgan fingerprint density at radius 2 is 2.16 bits per heavy atom. The van der Waals surface area contributed by atoms with Crippen molar-refractivity contribution in [2.75, 3.05) is 13.1 Å². The number of nitrogens with two attached hydrogens (primary N) is 1. The summed E-state index contributed by atoms with van der Waals surface area (Å²) in [5.74, 6) is 1.07. The Hall–Kier alpha value is -1.10. The van der Waals surface area contributed by atoms with E-state index >= 15 is 0 Å². The average molecular weight is 328 g/mol. The third kappa shape index (κ3) is 3.93. The minimum absolute atomic E-state index is 0.266. The number of hydrogen-bond donors (Lipinski definition) is 1. The van der Waals surface area contributed by atoms with Crippen molar-refractivity contribution in [2.45, 2.75) is 26.3 Å². The van der Waals surface area contributed by atoms with Gasteiger partial charge in [0, 0.05) is 13.1 Å². The highest BCUT2D eigenvalue weighted by molar-refractivity contribution is 9.10. The van der Waals surface area contributed by atoms with Crippen molar-refractivity contribution in [3.05, 3.63) is 34.1 Å². The second-order valence-corrected chi connectivity index (χ2v) is 5.95. The lowest BCUT2D eigenvalue weighted by Gasteiger charge is -2.31. The number of likely N-dealkylation sites (tertiary alicyclic amines) is 1. The van der Waals surface area contributed by atoms with E-state index in [9.17, 15) is 4.39 Å². The van der Waals surface area contributed by atoms with Crippen LogP contribution in [0, 0.1) is 11.7 Å². The van der Waals surface area contributed by atoms with Crippen LogP contribution >= 0.6 is 15.9 Å². The summed E-state index contributed by atoms with van der Waals surface area (Å²) in [6.07, 6.45) is 2.31. The lowest BCUT2D eigenvalue weighted by Crippen LogP contribution is -2.42. The van der Waals surface area contributed by atoms with Crippen LogP contribution in [-0.4, -0.2) is 23.9 Å². The summed E-state index contributed by atoms with van der Waals surface area (Å²) in [5, 5.41) is 0. The monoisotopic (exact) mass is 327 g/mol. The van der Waals surface area contributed by atoms with Crippen molar-refractivity contribution >= 4 is 21.9 Å². The summed E-state index contributed by atoms with van der Waals surface area (Å²) >= 11 is 3.13. The zero-order chi connectivity index (χ0) is 13.8. The Morgan fingerprint density at radius 1 is 1.47 bits per heavy atom. The molecule has 0 spiro atoms. The minimum Gasteiger partial charge on any atom is -0.370 e. The Morgan fingerprint density at radius 3 is 2.79 bits per heavy atom. The molecule has 0 bridgehead atoms. The Kier molecular flexibility index (Phi) is 4.80. The Labute approximate surface area is 121 Å². The third-order valence-corrected chi connectivity index (χ3v) is 4.16. The van der Waals surface area contributed by atoms with Crippen LogP contribution < -0.4 is 5.73 Å². The zero-order valence-corrected chi connectivity index (χ0v) is 12.7. The van der Waals surface area contributed by atoms with E-state index in [1.807, 2.05) is 6.07 Å². The molecule has 0 unspecified atom stereocenters. The highest BCUT2D eigenvalue weighted by Crippen LogP contribution is 2.18. The van der Waals surface area contributed by atoms with Gasteiger partial charge in [0.05, 0.1) is 11.0 Å². The van der Waals surface area contributed by atoms with Crippen molar-refractivity contribution < 1.29 is 4.39 Å². The van der Waals surface area contributed by atoms with Gasteiger partial charge < -0.3 is 10.6 Å². The number of halogens is 2. The van der Waals surface area contributed by atoms with Gasteiger partial charge in [0.1, 0.15) is 5.82 Å². The lowest BCUT2D eigenvalue weighted by atomic mass is 10.00. The molecule has 1 saturated heterocycles. The standard InChI is InChI=1S/C14H19BrFN3/c1-10-4-6-19(7-5-10)14(17)18-9-11-2-3-12(15)13(16)8-11/h2-3,8,10H,4-7,9H2,1H3,(H2,17,18). The molecule has 0 atom stereocenters. The van der Waals surface area contributed by atoms with Gasteiger partial charge in [-0.15, -0.1) is 0 Å². The molecule has 0 saturated carbocycles. The zero-order valence-electron chi connectivity index (χ0n) is 11.1. The van der Waals surface area contributed by atoms with Crippen LogP contribution in [0.15, 0.2) is 27.7 Å². The van der Waals surface area contributed by atoms with E-state index in [0.717, 1.165) is 37.4 Å². The summed E-state index contributed by atoms with van der Waals surface area (Å²) < 4.78 is 13.8. The first-order valence-corrected chi connectivity index (χ1v) is 7.34. The molecule has 1 fully saturated rings. The topological polar surface area (TPSA) is 41.6 Å². The molecule has 1 aromatic rings. The van der Waals surface area contributed by atoms with Gasteiger partial charge in [-0.05, 0) is 52.4 Å². The second kappa shape index (κ2) is 6.37. The van der Waals surface area contributed by atoms with Crippen LogP contribution in [0.25, 0.3) is 0 Å². The molecular weight excluding hydrogens is 309 g/mol. The second-order valence-electron chi connectivity index (χ2n) is 5.09. The average Bonchev–Trinajstić information content (AvgIpc) is 2.40. The fourth-order valence-corrected chi connectivity index (χ4v) is 2.39. The van der Waals surface area contributed by atoms with E-state index in [-0.39, 0.29) is 5.82 Å². The normalized spacial score (nSPS) is 17.8. The van der Waals surface area contributed by atoms with Gasteiger partial charge in [-0.2, -0.15) is 0 Å². The predicted octanol–water partition coefficient (Wildman–Crippen LogP) is 3.13. The molecule has 0 radical (unpaired) electrons. The van der Waals surface area contributed by atoms with Gasteiger partial charge in [0.15, 0.2) is 5.96 Å². The maximum Gasteiger partial charge on any atom is 0.191 e. The largest absolute Gasteiger partial charge is 0.370 e. The number of rotatable bonds is 2. The highest BCUT2D eigenvalue weighted by atomic mass is 79.9. The smallest absolute Gasteiger partial charge is 0.191 e. The van der Waals surface area contributed by atoms with Crippen molar-refractivity contribution in [1.29, 1.82) is 0 Å². The fraction of sp³-hybridized carbons (Fsp3) is 0.500. The summed E-state index contributed by atoms with van der Waals surface area (Å²) in [4.78, 5) is 6.46. The molecule has 2 N–H and O–H groups in total. The van der Waals surface area contributed by atoms with Crippen LogP contribution in [0.4, 0.5) is 4.39 Å². The first kappa shape index (κ1) is 14.3.